The number of hydrogen-bond acceptors (Lipinski definition) is 2. The van der Waals surface area contributed by atoms with Crippen LogP contribution in [-0.2, 0) is 0 Å². The van der Waals surface area contributed by atoms with Crippen molar-refractivity contribution < 1.29 is 0 Å². The summed E-state index contributed by atoms with van der Waals surface area (Å²) in [6, 6.07) is 0.690. The molecule has 1 saturated heterocycles. The molecule has 1 aliphatic rings. The van der Waals surface area contributed by atoms with Gasteiger partial charge in [-0.2, -0.15) is 0 Å². The van der Waals surface area contributed by atoms with Gasteiger partial charge in [-0.15, -0.1) is 0 Å². The van der Waals surface area contributed by atoms with Crippen molar-refractivity contribution in [3.05, 3.63) is 11.1 Å². The molecule has 1 aliphatic heterocycles. The second-order valence-corrected chi connectivity index (χ2v) is 5.11. The highest BCUT2D eigenvalue weighted by molar-refractivity contribution is 9.11. The number of rotatable bonds is 5. The van der Waals surface area contributed by atoms with E-state index in [-0.39, 0.29) is 0 Å². The van der Waals surface area contributed by atoms with Gasteiger partial charge in [0.15, 0.2) is 0 Å². The highest BCUT2D eigenvalue weighted by Crippen LogP contribution is 2.10. The molecule has 82 valence electrons. The number of nitrogens with zero attached hydrogens (tertiary/aromatic N) is 1. The summed E-state index contributed by atoms with van der Waals surface area (Å²) < 4.78 is 1.08. The summed E-state index contributed by atoms with van der Waals surface area (Å²) in [6.45, 7) is 10.5. The Hall–Kier alpha value is 0.140. The minimum atomic E-state index is 0.690. The third kappa shape index (κ3) is 4.58. The van der Waals surface area contributed by atoms with E-state index in [1.165, 1.54) is 25.8 Å². The van der Waals surface area contributed by atoms with Gasteiger partial charge in [0.05, 0.1) is 0 Å². The Kier molecular flexibility index (Phi) is 5.75. The first-order valence-corrected chi connectivity index (χ1v) is 6.30. The van der Waals surface area contributed by atoms with Gasteiger partial charge in [-0.3, -0.25) is 4.90 Å². The predicted molar refractivity (Wildman–Crippen MR) is 65.8 cm³/mol. The molecule has 0 spiro atoms. The number of piperidine rings is 1. The number of halogens is 1. The summed E-state index contributed by atoms with van der Waals surface area (Å²) in [5.41, 5.74) is 0. The minimum Gasteiger partial charge on any atom is -0.313 e. The van der Waals surface area contributed by atoms with E-state index < -0.39 is 0 Å². The zero-order valence-electron chi connectivity index (χ0n) is 9.06. The number of hydrogen-bond donors (Lipinski definition) is 1. The van der Waals surface area contributed by atoms with E-state index in [2.05, 4.69) is 39.6 Å². The Morgan fingerprint density at radius 1 is 1.57 bits per heavy atom. The summed E-state index contributed by atoms with van der Waals surface area (Å²) in [4.78, 5) is 2.43. The molecule has 0 bridgehead atoms. The molecule has 0 saturated carbocycles. The van der Waals surface area contributed by atoms with Crippen molar-refractivity contribution in [1.29, 1.82) is 0 Å². The Morgan fingerprint density at radius 3 is 2.86 bits per heavy atom. The second-order valence-electron chi connectivity index (χ2n) is 3.99. The average Bonchev–Trinajstić information content (AvgIpc) is 2.17. The first-order chi connectivity index (χ1) is 6.72. The largest absolute Gasteiger partial charge is 0.313 e. The SMILES string of the molecule is C=C(Br)CN(CC)CC1CCCCN1. The van der Waals surface area contributed by atoms with Crippen LogP contribution in [0.4, 0.5) is 0 Å². The van der Waals surface area contributed by atoms with Gasteiger partial charge in [0.25, 0.3) is 0 Å². The van der Waals surface area contributed by atoms with Crippen LogP contribution in [0.5, 0.6) is 0 Å². The van der Waals surface area contributed by atoms with Crippen LogP contribution in [0.2, 0.25) is 0 Å². The Labute approximate surface area is 95.9 Å². The molecule has 3 heteroatoms. The fourth-order valence-electron chi connectivity index (χ4n) is 1.94. The molecule has 14 heavy (non-hydrogen) atoms. The van der Waals surface area contributed by atoms with Gasteiger partial charge in [0.2, 0.25) is 0 Å². The lowest BCUT2D eigenvalue weighted by atomic mass is 10.0. The average molecular weight is 261 g/mol. The van der Waals surface area contributed by atoms with Crippen molar-refractivity contribution in [2.75, 3.05) is 26.2 Å². The Morgan fingerprint density at radius 2 is 2.36 bits per heavy atom. The van der Waals surface area contributed by atoms with Crippen molar-refractivity contribution in [2.45, 2.75) is 32.2 Å². The molecule has 2 nitrogen and oxygen atoms in total. The molecule has 1 N–H and O–H groups in total. The lowest BCUT2D eigenvalue weighted by Gasteiger charge is -2.29. The number of nitrogens with one attached hydrogen (secondary N) is 1. The summed E-state index contributed by atoms with van der Waals surface area (Å²) in [6.07, 6.45) is 4.05. The summed E-state index contributed by atoms with van der Waals surface area (Å²) >= 11 is 3.42. The van der Waals surface area contributed by atoms with E-state index in [9.17, 15) is 0 Å². The van der Waals surface area contributed by atoms with Crippen LogP contribution in [0.15, 0.2) is 11.1 Å². The van der Waals surface area contributed by atoms with Crippen molar-refractivity contribution in [2.24, 2.45) is 0 Å². The van der Waals surface area contributed by atoms with Crippen LogP contribution in [0, 0.1) is 0 Å². The molecule has 0 radical (unpaired) electrons. The van der Waals surface area contributed by atoms with Crippen LogP contribution >= 0.6 is 15.9 Å². The highest BCUT2D eigenvalue weighted by atomic mass is 79.9. The smallest absolute Gasteiger partial charge is 0.0294 e. The van der Waals surface area contributed by atoms with Gasteiger partial charge in [-0.25, -0.2) is 0 Å². The molecule has 0 aromatic carbocycles. The maximum Gasteiger partial charge on any atom is 0.0294 e. The standard InChI is InChI=1S/C11H21BrN2/c1-3-14(8-10(2)12)9-11-6-4-5-7-13-11/h11,13H,2-9H2,1H3. The Bertz CT molecular complexity index is 176. The maximum absolute atomic E-state index is 3.89. The molecule has 0 amide bonds. The molecule has 0 aromatic heterocycles. The molecular formula is C11H21BrN2. The van der Waals surface area contributed by atoms with Crippen molar-refractivity contribution >= 4 is 15.9 Å². The van der Waals surface area contributed by atoms with Gasteiger partial charge >= 0.3 is 0 Å². The van der Waals surface area contributed by atoms with Gasteiger partial charge in [-0.05, 0) is 25.9 Å². The fourth-order valence-corrected chi connectivity index (χ4v) is 2.29. The monoisotopic (exact) mass is 260 g/mol. The molecule has 1 atom stereocenters. The van der Waals surface area contributed by atoms with Crippen molar-refractivity contribution in [3.63, 3.8) is 0 Å². The van der Waals surface area contributed by atoms with Gasteiger partial charge in [-0.1, -0.05) is 35.9 Å². The van der Waals surface area contributed by atoms with Gasteiger partial charge in [0, 0.05) is 23.6 Å². The minimum absolute atomic E-state index is 0.690. The fraction of sp³-hybridized carbons (Fsp3) is 0.818. The lowest BCUT2D eigenvalue weighted by Crippen LogP contribution is -2.43. The third-order valence-electron chi connectivity index (χ3n) is 2.73. The normalized spacial score (nSPS) is 22.6. The quantitative estimate of drug-likeness (QED) is 0.817. The zero-order chi connectivity index (χ0) is 10.4. The van der Waals surface area contributed by atoms with Gasteiger partial charge < -0.3 is 5.32 Å². The predicted octanol–water partition coefficient (Wildman–Crippen LogP) is 2.36. The van der Waals surface area contributed by atoms with E-state index in [1.807, 2.05) is 0 Å². The molecule has 0 aliphatic carbocycles. The summed E-state index contributed by atoms with van der Waals surface area (Å²) in [5, 5.41) is 3.57. The van der Waals surface area contributed by atoms with E-state index in [0.29, 0.717) is 6.04 Å². The molecule has 1 rings (SSSR count). The molecule has 1 heterocycles. The topological polar surface area (TPSA) is 15.3 Å². The Balaban J connectivity index is 2.27. The number of likely N-dealkylation sites (N-methyl/N-ethyl adjacent to an activating group) is 1. The summed E-state index contributed by atoms with van der Waals surface area (Å²) in [7, 11) is 0. The van der Waals surface area contributed by atoms with E-state index in [0.717, 1.165) is 24.1 Å². The molecule has 1 unspecified atom stereocenters. The lowest BCUT2D eigenvalue weighted by molar-refractivity contribution is 0.251. The van der Waals surface area contributed by atoms with Crippen molar-refractivity contribution in [3.8, 4) is 0 Å². The summed E-state index contributed by atoms with van der Waals surface area (Å²) in [5.74, 6) is 0. The van der Waals surface area contributed by atoms with Crippen molar-refractivity contribution in [1.82, 2.24) is 10.2 Å². The van der Waals surface area contributed by atoms with E-state index in [4.69, 9.17) is 0 Å². The van der Waals surface area contributed by atoms with Crippen LogP contribution in [0.25, 0.3) is 0 Å². The first-order valence-electron chi connectivity index (χ1n) is 5.51. The van der Waals surface area contributed by atoms with E-state index in [1.54, 1.807) is 0 Å². The molecule has 0 aromatic rings. The van der Waals surface area contributed by atoms with Crippen LogP contribution in [0.1, 0.15) is 26.2 Å². The molecular weight excluding hydrogens is 240 g/mol. The van der Waals surface area contributed by atoms with Crippen LogP contribution in [-0.4, -0.2) is 37.1 Å². The van der Waals surface area contributed by atoms with Crippen LogP contribution < -0.4 is 5.32 Å². The third-order valence-corrected chi connectivity index (χ3v) is 2.98. The highest BCUT2D eigenvalue weighted by Gasteiger charge is 2.15. The second kappa shape index (κ2) is 6.59. The zero-order valence-corrected chi connectivity index (χ0v) is 10.6. The first kappa shape index (κ1) is 12.2. The molecule has 1 fully saturated rings. The van der Waals surface area contributed by atoms with Crippen LogP contribution in [0.3, 0.4) is 0 Å². The van der Waals surface area contributed by atoms with Gasteiger partial charge in [0.1, 0.15) is 0 Å². The van der Waals surface area contributed by atoms with E-state index >= 15 is 0 Å². The maximum atomic E-state index is 3.89.